The molecular formula is C29H33Cl2N3O4. The SMILES string of the molecule is CC(C)(C)C1CCC2(CC1)N=C(c1ccc(Cl)c(Cl)c1)C(=O)N2Cc1ccc(C(=O)NCCC(=O)O)cc1. The highest BCUT2D eigenvalue weighted by Crippen LogP contribution is 2.47. The molecule has 0 saturated heterocycles. The van der Waals surface area contributed by atoms with E-state index < -0.39 is 11.6 Å². The topological polar surface area (TPSA) is 99.1 Å². The number of carbonyl (C=O) groups is 3. The van der Waals surface area contributed by atoms with Gasteiger partial charge in [0.1, 0.15) is 11.4 Å². The molecule has 2 amide bonds. The number of nitrogens with one attached hydrogen (secondary N) is 1. The van der Waals surface area contributed by atoms with Gasteiger partial charge in [-0.05, 0) is 66.8 Å². The van der Waals surface area contributed by atoms with Crippen molar-refractivity contribution in [2.24, 2.45) is 16.3 Å². The van der Waals surface area contributed by atoms with E-state index in [9.17, 15) is 14.4 Å². The number of carboxylic acids is 1. The highest BCUT2D eigenvalue weighted by molar-refractivity contribution is 6.48. The summed E-state index contributed by atoms with van der Waals surface area (Å²) in [6.07, 6.45) is 3.35. The number of rotatable bonds is 7. The van der Waals surface area contributed by atoms with Crippen molar-refractivity contribution >= 4 is 46.7 Å². The first-order valence-electron chi connectivity index (χ1n) is 12.9. The zero-order valence-electron chi connectivity index (χ0n) is 21.9. The van der Waals surface area contributed by atoms with Crippen LogP contribution in [0.15, 0.2) is 47.5 Å². The maximum Gasteiger partial charge on any atom is 0.305 e. The molecule has 2 aliphatic rings. The fraction of sp³-hybridized carbons (Fsp3) is 0.448. The minimum atomic E-state index is -0.969. The van der Waals surface area contributed by atoms with Gasteiger partial charge in [-0.1, -0.05) is 62.2 Å². The number of amides is 2. The van der Waals surface area contributed by atoms with Crippen molar-refractivity contribution in [1.29, 1.82) is 0 Å². The second-order valence-electron chi connectivity index (χ2n) is 11.2. The van der Waals surface area contributed by atoms with Crippen LogP contribution in [0.5, 0.6) is 0 Å². The van der Waals surface area contributed by atoms with Gasteiger partial charge in [0.15, 0.2) is 0 Å². The van der Waals surface area contributed by atoms with E-state index in [4.69, 9.17) is 33.3 Å². The van der Waals surface area contributed by atoms with Crippen LogP contribution in [0.1, 0.15) is 74.4 Å². The number of halogens is 2. The molecule has 202 valence electrons. The van der Waals surface area contributed by atoms with Gasteiger partial charge < -0.3 is 15.3 Å². The van der Waals surface area contributed by atoms with Crippen molar-refractivity contribution in [1.82, 2.24) is 10.2 Å². The van der Waals surface area contributed by atoms with Crippen LogP contribution < -0.4 is 5.32 Å². The Morgan fingerprint density at radius 2 is 1.74 bits per heavy atom. The molecule has 0 unspecified atom stereocenters. The van der Waals surface area contributed by atoms with Crippen molar-refractivity contribution in [3.8, 4) is 0 Å². The number of hydrogen-bond donors (Lipinski definition) is 2. The van der Waals surface area contributed by atoms with Crippen LogP contribution in [0.3, 0.4) is 0 Å². The summed E-state index contributed by atoms with van der Waals surface area (Å²) in [6, 6.07) is 12.2. The van der Waals surface area contributed by atoms with Gasteiger partial charge in [-0.15, -0.1) is 0 Å². The summed E-state index contributed by atoms with van der Waals surface area (Å²) < 4.78 is 0. The van der Waals surface area contributed by atoms with Crippen LogP contribution in [-0.2, 0) is 16.1 Å². The lowest BCUT2D eigenvalue weighted by Crippen LogP contribution is -2.49. The maximum atomic E-state index is 13.8. The van der Waals surface area contributed by atoms with E-state index in [0.717, 1.165) is 31.2 Å². The summed E-state index contributed by atoms with van der Waals surface area (Å²) in [6.45, 7) is 7.20. The van der Waals surface area contributed by atoms with Crippen LogP contribution in [-0.4, -0.2) is 45.7 Å². The normalized spacial score (nSPS) is 21.5. The number of benzene rings is 2. The molecule has 0 bridgehead atoms. The first-order chi connectivity index (χ1) is 17.9. The van der Waals surface area contributed by atoms with Crippen LogP contribution in [0.25, 0.3) is 0 Å². The number of aliphatic carboxylic acids is 1. The maximum absolute atomic E-state index is 13.8. The first kappa shape index (κ1) is 28.1. The minimum absolute atomic E-state index is 0.0606. The lowest BCUT2D eigenvalue weighted by Gasteiger charge is -2.44. The van der Waals surface area contributed by atoms with Crippen molar-refractivity contribution < 1.29 is 19.5 Å². The molecule has 0 atom stereocenters. The standard InChI is InChI=1S/C29H33Cl2N3O4/c1-28(2,3)21-10-13-29(14-11-21)33-25(20-8-9-22(30)23(31)16-20)27(38)34(29)17-18-4-6-19(7-5-18)26(37)32-15-12-24(35)36/h4-9,16,21H,10-15,17H2,1-3H3,(H,32,37)(H,35,36). The molecule has 0 radical (unpaired) electrons. The second kappa shape index (κ2) is 11.1. The van der Waals surface area contributed by atoms with Crippen LogP contribution in [0.2, 0.25) is 10.0 Å². The third kappa shape index (κ3) is 6.05. The van der Waals surface area contributed by atoms with Crippen LogP contribution in [0, 0.1) is 11.3 Å². The molecular weight excluding hydrogens is 525 g/mol. The predicted molar refractivity (Wildman–Crippen MR) is 149 cm³/mol. The molecule has 2 N–H and O–H groups in total. The van der Waals surface area contributed by atoms with E-state index >= 15 is 0 Å². The molecule has 1 heterocycles. The Balaban J connectivity index is 1.57. The molecule has 1 aliphatic carbocycles. The van der Waals surface area contributed by atoms with E-state index in [1.165, 1.54) is 0 Å². The fourth-order valence-corrected chi connectivity index (χ4v) is 5.64. The number of carbonyl (C=O) groups excluding carboxylic acids is 2. The van der Waals surface area contributed by atoms with Gasteiger partial charge in [-0.3, -0.25) is 19.4 Å². The Hall–Kier alpha value is -2.90. The van der Waals surface area contributed by atoms with Crippen molar-refractivity contribution in [3.05, 3.63) is 69.2 Å². The number of nitrogens with zero attached hydrogens (tertiary/aromatic N) is 2. The molecule has 9 heteroatoms. The number of carboxylic acid groups (broad SMARTS) is 1. The Morgan fingerprint density at radius 1 is 1.08 bits per heavy atom. The average molecular weight is 559 g/mol. The molecule has 7 nitrogen and oxygen atoms in total. The number of hydrogen-bond acceptors (Lipinski definition) is 4. The van der Waals surface area contributed by atoms with Crippen LogP contribution >= 0.6 is 23.2 Å². The van der Waals surface area contributed by atoms with E-state index in [1.54, 1.807) is 30.3 Å². The molecule has 1 fully saturated rings. The molecule has 1 saturated carbocycles. The summed E-state index contributed by atoms with van der Waals surface area (Å²) in [5.74, 6) is -0.901. The van der Waals surface area contributed by atoms with Gasteiger partial charge in [0.25, 0.3) is 11.8 Å². The molecule has 4 rings (SSSR count). The van der Waals surface area contributed by atoms with Gasteiger partial charge in [0.2, 0.25) is 0 Å². The number of aliphatic imine (C=N–C) groups is 1. The second-order valence-corrected chi connectivity index (χ2v) is 12.0. The van der Waals surface area contributed by atoms with E-state index in [-0.39, 0.29) is 30.2 Å². The predicted octanol–water partition coefficient (Wildman–Crippen LogP) is 5.96. The van der Waals surface area contributed by atoms with Gasteiger partial charge >= 0.3 is 5.97 Å². The van der Waals surface area contributed by atoms with Gasteiger partial charge in [0, 0.05) is 24.2 Å². The molecule has 38 heavy (non-hydrogen) atoms. The summed E-state index contributed by atoms with van der Waals surface area (Å²) in [5.41, 5.74) is 1.91. The summed E-state index contributed by atoms with van der Waals surface area (Å²) in [7, 11) is 0. The lowest BCUT2D eigenvalue weighted by molar-refractivity contribution is -0.136. The molecule has 2 aromatic carbocycles. The van der Waals surface area contributed by atoms with Crippen molar-refractivity contribution in [2.75, 3.05) is 6.54 Å². The third-order valence-corrected chi connectivity index (χ3v) is 8.39. The Morgan fingerprint density at radius 3 is 2.32 bits per heavy atom. The largest absolute Gasteiger partial charge is 0.481 e. The smallest absolute Gasteiger partial charge is 0.305 e. The highest BCUT2D eigenvalue weighted by Gasteiger charge is 2.50. The Kier molecular flexibility index (Phi) is 8.19. The summed E-state index contributed by atoms with van der Waals surface area (Å²) in [4.78, 5) is 43.8. The fourth-order valence-electron chi connectivity index (χ4n) is 5.34. The average Bonchev–Trinajstić information content (AvgIpc) is 3.11. The van der Waals surface area contributed by atoms with E-state index in [1.807, 2.05) is 17.0 Å². The quantitative estimate of drug-likeness (QED) is 0.438. The van der Waals surface area contributed by atoms with Gasteiger partial charge in [-0.2, -0.15) is 0 Å². The minimum Gasteiger partial charge on any atom is -0.481 e. The molecule has 0 aromatic heterocycles. The lowest BCUT2D eigenvalue weighted by atomic mass is 9.69. The molecule has 1 aliphatic heterocycles. The van der Waals surface area contributed by atoms with Crippen molar-refractivity contribution in [3.63, 3.8) is 0 Å². The highest BCUT2D eigenvalue weighted by atomic mass is 35.5. The monoisotopic (exact) mass is 557 g/mol. The Bertz CT molecular complexity index is 1260. The van der Waals surface area contributed by atoms with Gasteiger partial charge in [-0.25, -0.2) is 0 Å². The third-order valence-electron chi connectivity index (χ3n) is 7.66. The zero-order chi connectivity index (χ0) is 27.7. The van der Waals surface area contributed by atoms with Crippen LogP contribution in [0.4, 0.5) is 0 Å². The molecule has 2 aromatic rings. The summed E-state index contributed by atoms with van der Waals surface area (Å²) >= 11 is 12.4. The first-order valence-corrected chi connectivity index (χ1v) is 13.6. The van der Waals surface area contributed by atoms with E-state index in [0.29, 0.717) is 39.3 Å². The Labute approximate surface area is 233 Å². The van der Waals surface area contributed by atoms with Gasteiger partial charge in [0.05, 0.1) is 16.5 Å². The van der Waals surface area contributed by atoms with Crippen molar-refractivity contribution in [2.45, 2.75) is 65.1 Å². The summed E-state index contributed by atoms with van der Waals surface area (Å²) in [5, 5.41) is 12.2. The van der Waals surface area contributed by atoms with E-state index in [2.05, 4.69) is 26.1 Å². The zero-order valence-corrected chi connectivity index (χ0v) is 23.4. The molecule has 1 spiro atoms.